The maximum Gasteiger partial charge on any atom is 0.123 e. The molecule has 0 saturated heterocycles. The van der Waals surface area contributed by atoms with Crippen LogP contribution in [-0.4, -0.2) is 36.4 Å². The zero-order chi connectivity index (χ0) is 14.9. The van der Waals surface area contributed by atoms with Crippen LogP contribution in [0.4, 0.5) is 0 Å². The van der Waals surface area contributed by atoms with E-state index in [2.05, 4.69) is 20.9 Å². The van der Waals surface area contributed by atoms with E-state index in [-0.39, 0.29) is 0 Å². The van der Waals surface area contributed by atoms with E-state index in [0.717, 1.165) is 36.8 Å². The van der Waals surface area contributed by atoms with Gasteiger partial charge in [-0.2, -0.15) is 0 Å². The second-order valence-corrected chi connectivity index (χ2v) is 4.79. The largest absolute Gasteiger partial charge is 0.491 e. The van der Waals surface area contributed by atoms with E-state index in [0.29, 0.717) is 13.2 Å². The first-order valence-electron chi connectivity index (χ1n) is 7.19. The molecule has 5 nitrogen and oxygen atoms in total. The fraction of sp³-hybridized carbons (Fsp3) is 0.438. The van der Waals surface area contributed by atoms with Crippen LogP contribution >= 0.6 is 0 Å². The van der Waals surface area contributed by atoms with Crippen LogP contribution in [0.3, 0.4) is 0 Å². The van der Waals surface area contributed by atoms with Crippen molar-refractivity contribution in [1.82, 2.24) is 14.9 Å². The van der Waals surface area contributed by atoms with E-state index in [4.69, 9.17) is 9.47 Å². The number of methoxy groups -OCH3 is 1. The predicted molar refractivity (Wildman–Crippen MR) is 82.5 cm³/mol. The Morgan fingerprint density at radius 2 is 2.10 bits per heavy atom. The van der Waals surface area contributed by atoms with Crippen LogP contribution in [0.5, 0.6) is 5.75 Å². The van der Waals surface area contributed by atoms with Crippen molar-refractivity contribution in [3.8, 4) is 5.75 Å². The Hall–Kier alpha value is -1.85. The fourth-order valence-electron chi connectivity index (χ4n) is 2.08. The summed E-state index contributed by atoms with van der Waals surface area (Å²) in [4.78, 5) is 4.20. The summed E-state index contributed by atoms with van der Waals surface area (Å²) in [5.41, 5.74) is 1.16. The molecule has 1 N–H and O–H groups in total. The Balaban J connectivity index is 1.83. The molecule has 1 heterocycles. The molecule has 114 valence electrons. The van der Waals surface area contributed by atoms with E-state index in [9.17, 15) is 0 Å². The lowest BCUT2D eigenvalue weighted by Crippen LogP contribution is -2.19. The number of benzene rings is 1. The highest BCUT2D eigenvalue weighted by molar-refractivity contribution is 5.33. The topological polar surface area (TPSA) is 48.3 Å². The molecule has 2 rings (SSSR count). The summed E-state index contributed by atoms with van der Waals surface area (Å²) in [5, 5.41) is 3.34. The Morgan fingerprint density at radius 1 is 1.24 bits per heavy atom. The predicted octanol–water partition coefficient (Wildman–Crippen LogP) is 2.01. The molecule has 0 bridgehead atoms. The van der Waals surface area contributed by atoms with Crippen molar-refractivity contribution in [2.75, 3.05) is 26.9 Å². The molecule has 0 aliphatic rings. The highest BCUT2D eigenvalue weighted by atomic mass is 16.5. The summed E-state index contributed by atoms with van der Waals surface area (Å²) >= 11 is 0. The number of hydrogen-bond acceptors (Lipinski definition) is 4. The average molecular weight is 289 g/mol. The summed E-state index contributed by atoms with van der Waals surface area (Å²) < 4.78 is 13.0. The third-order valence-electron chi connectivity index (χ3n) is 3.28. The van der Waals surface area contributed by atoms with E-state index in [1.807, 2.05) is 37.5 Å². The molecule has 0 atom stereocenters. The zero-order valence-electron chi connectivity index (χ0n) is 12.7. The lowest BCUT2D eigenvalue weighted by Gasteiger charge is -2.13. The Morgan fingerprint density at radius 3 is 2.86 bits per heavy atom. The van der Waals surface area contributed by atoms with Crippen molar-refractivity contribution < 1.29 is 9.47 Å². The maximum absolute atomic E-state index is 5.90. The summed E-state index contributed by atoms with van der Waals surface area (Å²) in [6.07, 6.45) is 3.78. The number of imidazole rings is 1. The van der Waals surface area contributed by atoms with Crippen molar-refractivity contribution in [2.24, 2.45) is 0 Å². The molecule has 21 heavy (non-hydrogen) atoms. The van der Waals surface area contributed by atoms with Gasteiger partial charge in [-0.15, -0.1) is 0 Å². The lowest BCUT2D eigenvalue weighted by molar-refractivity contribution is 0.199. The van der Waals surface area contributed by atoms with E-state index in [1.54, 1.807) is 7.11 Å². The number of rotatable bonds is 9. The SMILES string of the molecule is COCCNCc1ccccc1OCCn1ccnc1C. The quantitative estimate of drug-likeness (QED) is 0.717. The number of para-hydroxylation sites is 1. The number of hydrogen-bond donors (Lipinski definition) is 1. The monoisotopic (exact) mass is 289 g/mol. The molecule has 1 aromatic heterocycles. The fourth-order valence-corrected chi connectivity index (χ4v) is 2.08. The van der Waals surface area contributed by atoms with Gasteiger partial charge in [0, 0.05) is 38.2 Å². The molecule has 0 saturated carbocycles. The van der Waals surface area contributed by atoms with Crippen molar-refractivity contribution >= 4 is 0 Å². The average Bonchev–Trinajstić information content (AvgIpc) is 2.90. The molecule has 0 unspecified atom stereocenters. The van der Waals surface area contributed by atoms with Crippen LogP contribution in [-0.2, 0) is 17.8 Å². The van der Waals surface area contributed by atoms with Crippen molar-refractivity contribution in [3.05, 3.63) is 48.0 Å². The van der Waals surface area contributed by atoms with E-state index in [1.165, 1.54) is 0 Å². The van der Waals surface area contributed by atoms with Crippen LogP contribution in [0.15, 0.2) is 36.7 Å². The van der Waals surface area contributed by atoms with Gasteiger partial charge in [0.2, 0.25) is 0 Å². The van der Waals surface area contributed by atoms with Gasteiger partial charge in [0.25, 0.3) is 0 Å². The molecule has 0 amide bonds. The molecular weight excluding hydrogens is 266 g/mol. The second-order valence-electron chi connectivity index (χ2n) is 4.79. The highest BCUT2D eigenvalue weighted by Gasteiger charge is 2.03. The summed E-state index contributed by atoms with van der Waals surface area (Å²) in [5.74, 6) is 1.94. The van der Waals surface area contributed by atoms with E-state index >= 15 is 0 Å². The summed E-state index contributed by atoms with van der Waals surface area (Å²) in [7, 11) is 1.71. The van der Waals surface area contributed by atoms with Crippen molar-refractivity contribution in [2.45, 2.75) is 20.0 Å². The molecule has 0 radical (unpaired) electrons. The van der Waals surface area contributed by atoms with Gasteiger partial charge in [-0.3, -0.25) is 0 Å². The number of ether oxygens (including phenoxy) is 2. The smallest absolute Gasteiger partial charge is 0.123 e. The first-order valence-corrected chi connectivity index (χ1v) is 7.19. The second kappa shape index (κ2) is 8.44. The number of nitrogens with zero attached hydrogens (tertiary/aromatic N) is 2. The molecule has 0 fully saturated rings. The van der Waals surface area contributed by atoms with Gasteiger partial charge in [-0.25, -0.2) is 4.98 Å². The molecular formula is C16H23N3O2. The molecule has 0 spiro atoms. The van der Waals surface area contributed by atoms with Crippen molar-refractivity contribution in [3.63, 3.8) is 0 Å². The van der Waals surface area contributed by atoms with Gasteiger partial charge in [0.1, 0.15) is 18.2 Å². The highest BCUT2D eigenvalue weighted by Crippen LogP contribution is 2.17. The van der Waals surface area contributed by atoms with Gasteiger partial charge >= 0.3 is 0 Å². The van der Waals surface area contributed by atoms with Crippen LogP contribution < -0.4 is 10.1 Å². The molecule has 1 aromatic carbocycles. The minimum atomic E-state index is 0.631. The molecule has 0 aliphatic heterocycles. The maximum atomic E-state index is 5.90. The van der Waals surface area contributed by atoms with Crippen LogP contribution in [0.2, 0.25) is 0 Å². The minimum Gasteiger partial charge on any atom is -0.491 e. The minimum absolute atomic E-state index is 0.631. The first kappa shape index (κ1) is 15.5. The standard InChI is InChI=1S/C16H23N3O2/c1-14-18-7-9-19(14)10-12-21-16-6-4-3-5-15(16)13-17-8-11-20-2/h3-7,9,17H,8,10-13H2,1-2H3. The third kappa shape index (κ3) is 4.88. The van der Waals surface area contributed by atoms with Gasteiger partial charge in [0.05, 0.1) is 13.2 Å². The molecule has 0 aliphatic carbocycles. The van der Waals surface area contributed by atoms with Gasteiger partial charge in [0.15, 0.2) is 0 Å². The van der Waals surface area contributed by atoms with Gasteiger partial charge in [-0.1, -0.05) is 18.2 Å². The van der Waals surface area contributed by atoms with Gasteiger partial charge < -0.3 is 19.4 Å². The first-order chi connectivity index (χ1) is 10.3. The third-order valence-corrected chi connectivity index (χ3v) is 3.28. The Kier molecular flexibility index (Phi) is 6.24. The van der Waals surface area contributed by atoms with Crippen LogP contribution in [0, 0.1) is 6.92 Å². The van der Waals surface area contributed by atoms with Crippen LogP contribution in [0.1, 0.15) is 11.4 Å². The number of aromatic nitrogens is 2. The molecule has 5 heteroatoms. The summed E-state index contributed by atoms with van der Waals surface area (Å²) in [6, 6.07) is 8.11. The normalized spacial score (nSPS) is 10.8. The Labute approximate surface area is 125 Å². The summed E-state index contributed by atoms with van der Waals surface area (Å²) in [6.45, 7) is 5.75. The Bertz CT molecular complexity index is 540. The molecule has 2 aromatic rings. The van der Waals surface area contributed by atoms with Gasteiger partial charge in [-0.05, 0) is 13.0 Å². The number of nitrogens with one attached hydrogen (secondary N) is 1. The van der Waals surface area contributed by atoms with Crippen molar-refractivity contribution in [1.29, 1.82) is 0 Å². The zero-order valence-corrected chi connectivity index (χ0v) is 12.7. The lowest BCUT2D eigenvalue weighted by atomic mass is 10.2. The van der Waals surface area contributed by atoms with E-state index < -0.39 is 0 Å². The number of aryl methyl sites for hydroxylation is 1. The van der Waals surface area contributed by atoms with Crippen LogP contribution in [0.25, 0.3) is 0 Å².